The van der Waals surface area contributed by atoms with Crippen LogP contribution in [0.4, 0.5) is 4.39 Å². The first-order valence-electron chi connectivity index (χ1n) is 14.8. The summed E-state index contributed by atoms with van der Waals surface area (Å²) in [7, 11) is 0. The zero-order valence-electron chi connectivity index (χ0n) is 24.4. The van der Waals surface area contributed by atoms with Crippen LogP contribution < -0.4 is 0 Å². The number of hydrogen-bond donors (Lipinski definition) is 0. The molecule has 7 nitrogen and oxygen atoms in total. The van der Waals surface area contributed by atoms with Gasteiger partial charge in [-0.05, 0) is 42.2 Å². The highest BCUT2D eigenvalue weighted by atomic mass is 19.1. The fourth-order valence-electron chi connectivity index (χ4n) is 5.93. The molecule has 2 aliphatic rings. The van der Waals surface area contributed by atoms with Crippen LogP contribution in [0.5, 0.6) is 0 Å². The van der Waals surface area contributed by atoms with Crippen molar-refractivity contribution < 1.29 is 18.8 Å². The smallest absolute Gasteiger partial charge is 0.246 e. The molecule has 2 fully saturated rings. The standard InChI is InChI=1S/C34H39FN4O3/c1-3-4-6-11-32(40)39-31-23-36(21-27-16-18-29(35)19-17-27)34(42)30(20-26-9-7-5-8-10-26)38(31)33(41)24-37(39)22-28-14-12-25(2)13-15-28/h5,7-10,12-19,30-31H,3-4,6,11,20-24H2,1-2H3/t30-,31-/m0/s1. The zero-order valence-corrected chi connectivity index (χ0v) is 24.4. The Morgan fingerprint density at radius 3 is 2.21 bits per heavy atom. The fraction of sp³-hybridized carbons (Fsp3) is 0.382. The Hall–Kier alpha value is -4.04. The van der Waals surface area contributed by atoms with Gasteiger partial charge in [-0.25, -0.2) is 14.4 Å². The first kappa shape index (κ1) is 29.5. The molecule has 2 atom stereocenters. The van der Waals surface area contributed by atoms with Gasteiger partial charge in [0.05, 0.1) is 13.1 Å². The minimum absolute atomic E-state index is 0.0143. The quantitative estimate of drug-likeness (QED) is 0.319. The van der Waals surface area contributed by atoms with Crippen LogP contribution in [0.15, 0.2) is 78.9 Å². The Morgan fingerprint density at radius 2 is 1.52 bits per heavy atom. The van der Waals surface area contributed by atoms with E-state index < -0.39 is 12.2 Å². The van der Waals surface area contributed by atoms with Crippen LogP contribution in [0, 0.1) is 12.7 Å². The number of rotatable bonds is 10. The second kappa shape index (κ2) is 13.3. The molecule has 0 bridgehead atoms. The molecule has 0 spiro atoms. The van der Waals surface area contributed by atoms with Gasteiger partial charge in [0.25, 0.3) is 0 Å². The predicted molar refractivity (Wildman–Crippen MR) is 159 cm³/mol. The second-order valence-electron chi connectivity index (χ2n) is 11.3. The number of hydrogen-bond acceptors (Lipinski definition) is 4. The van der Waals surface area contributed by atoms with E-state index in [0.29, 0.717) is 19.4 Å². The number of carbonyl (C=O) groups is 3. The average molecular weight is 571 g/mol. The molecule has 220 valence electrons. The number of amides is 3. The van der Waals surface area contributed by atoms with Crippen molar-refractivity contribution in [2.75, 3.05) is 13.1 Å². The molecule has 0 unspecified atom stereocenters. The molecule has 0 aliphatic carbocycles. The molecule has 0 radical (unpaired) electrons. The summed E-state index contributed by atoms with van der Waals surface area (Å²) in [6.45, 7) is 4.99. The topological polar surface area (TPSA) is 64.2 Å². The van der Waals surface area contributed by atoms with Gasteiger partial charge < -0.3 is 9.80 Å². The number of halogens is 1. The molecule has 2 saturated heterocycles. The lowest BCUT2D eigenvalue weighted by molar-refractivity contribution is -0.208. The molecule has 3 aromatic rings. The van der Waals surface area contributed by atoms with Crippen molar-refractivity contribution in [2.45, 2.75) is 71.2 Å². The number of carbonyl (C=O) groups excluding carboxylic acids is 3. The molecule has 2 heterocycles. The summed E-state index contributed by atoms with van der Waals surface area (Å²) in [6.07, 6.45) is 2.77. The van der Waals surface area contributed by atoms with E-state index in [1.54, 1.807) is 26.9 Å². The van der Waals surface area contributed by atoms with E-state index in [9.17, 15) is 18.8 Å². The summed E-state index contributed by atoms with van der Waals surface area (Å²) < 4.78 is 13.6. The highest BCUT2D eigenvalue weighted by molar-refractivity contribution is 5.91. The number of aryl methyl sites for hydroxylation is 1. The number of benzene rings is 3. The summed E-state index contributed by atoms with van der Waals surface area (Å²) in [4.78, 5) is 45.2. The Balaban J connectivity index is 1.51. The molecule has 0 aromatic heterocycles. The van der Waals surface area contributed by atoms with Gasteiger partial charge in [0.1, 0.15) is 18.0 Å². The molecule has 8 heteroatoms. The van der Waals surface area contributed by atoms with Crippen LogP contribution >= 0.6 is 0 Å². The summed E-state index contributed by atoms with van der Waals surface area (Å²) in [5.74, 6) is -0.725. The van der Waals surface area contributed by atoms with Crippen molar-refractivity contribution in [3.8, 4) is 0 Å². The largest absolute Gasteiger partial charge is 0.333 e. The second-order valence-corrected chi connectivity index (χ2v) is 11.3. The van der Waals surface area contributed by atoms with Gasteiger partial charge in [-0.2, -0.15) is 0 Å². The molecular formula is C34H39FN4O3. The van der Waals surface area contributed by atoms with Crippen molar-refractivity contribution in [3.63, 3.8) is 0 Å². The van der Waals surface area contributed by atoms with Crippen molar-refractivity contribution in [1.82, 2.24) is 19.8 Å². The first-order valence-corrected chi connectivity index (χ1v) is 14.8. The zero-order chi connectivity index (χ0) is 29.6. The lowest BCUT2D eigenvalue weighted by Crippen LogP contribution is -2.75. The first-order chi connectivity index (χ1) is 20.3. The van der Waals surface area contributed by atoms with Crippen LogP contribution in [0.25, 0.3) is 0 Å². The van der Waals surface area contributed by atoms with E-state index in [-0.39, 0.29) is 43.2 Å². The van der Waals surface area contributed by atoms with E-state index in [2.05, 4.69) is 6.92 Å². The minimum Gasteiger partial charge on any atom is -0.333 e. The van der Waals surface area contributed by atoms with Crippen LogP contribution in [0.1, 0.15) is 54.9 Å². The Bertz CT molecular complexity index is 1380. The monoisotopic (exact) mass is 570 g/mol. The van der Waals surface area contributed by atoms with Crippen LogP contribution in [-0.2, 0) is 33.9 Å². The predicted octanol–water partition coefficient (Wildman–Crippen LogP) is 5.08. The Labute approximate surface area is 247 Å². The third-order valence-corrected chi connectivity index (χ3v) is 8.12. The third-order valence-electron chi connectivity index (χ3n) is 8.12. The average Bonchev–Trinajstić information content (AvgIpc) is 2.98. The highest BCUT2D eigenvalue weighted by Gasteiger charge is 2.51. The van der Waals surface area contributed by atoms with Gasteiger partial charge in [0.15, 0.2) is 0 Å². The summed E-state index contributed by atoms with van der Waals surface area (Å²) in [6, 6.07) is 23.1. The van der Waals surface area contributed by atoms with Crippen molar-refractivity contribution in [2.24, 2.45) is 0 Å². The number of piperazine rings is 1. The van der Waals surface area contributed by atoms with E-state index in [0.717, 1.165) is 41.5 Å². The van der Waals surface area contributed by atoms with E-state index in [1.165, 1.54) is 12.1 Å². The molecule has 0 saturated carbocycles. The third kappa shape index (κ3) is 6.71. The molecule has 3 aromatic carbocycles. The molecule has 0 N–H and O–H groups in total. The summed E-state index contributed by atoms with van der Waals surface area (Å²) >= 11 is 0. The van der Waals surface area contributed by atoms with Crippen LogP contribution in [0.2, 0.25) is 0 Å². The SMILES string of the molecule is CCCCCC(=O)N1[C@H]2CN(Cc3ccc(F)cc3)C(=O)[C@H](Cc3ccccc3)N2C(=O)CN1Cc1ccc(C)cc1. The number of fused-ring (bicyclic) bond motifs is 1. The number of unbranched alkanes of at least 4 members (excludes halogenated alkanes) is 2. The lowest BCUT2D eigenvalue weighted by atomic mass is 9.98. The highest BCUT2D eigenvalue weighted by Crippen LogP contribution is 2.31. The normalized spacial score (nSPS) is 19.3. The Kier molecular flexibility index (Phi) is 9.32. The molecular weight excluding hydrogens is 531 g/mol. The van der Waals surface area contributed by atoms with Crippen molar-refractivity contribution in [3.05, 3.63) is 107 Å². The van der Waals surface area contributed by atoms with Crippen molar-refractivity contribution in [1.29, 1.82) is 0 Å². The minimum atomic E-state index is -0.758. The maximum Gasteiger partial charge on any atom is 0.246 e. The summed E-state index contributed by atoms with van der Waals surface area (Å²) in [5, 5.41) is 3.60. The molecule has 5 rings (SSSR count). The molecule has 42 heavy (non-hydrogen) atoms. The van der Waals surface area contributed by atoms with Crippen molar-refractivity contribution >= 4 is 17.7 Å². The number of hydrazine groups is 1. The lowest BCUT2D eigenvalue weighted by Gasteiger charge is -2.55. The van der Waals surface area contributed by atoms with Gasteiger partial charge in [-0.3, -0.25) is 14.4 Å². The van der Waals surface area contributed by atoms with E-state index in [4.69, 9.17) is 0 Å². The molecule has 3 amide bonds. The van der Waals surface area contributed by atoms with Crippen LogP contribution in [0.3, 0.4) is 0 Å². The van der Waals surface area contributed by atoms with E-state index >= 15 is 0 Å². The molecule has 2 aliphatic heterocycles. The van der Waals surface area contributed by atoms with Gasteiger partial charge >= 0.3 is 0 Å². The Morgan fingerprint density at radius 1 is 0.857 bits per heavy atom. The maximum absolute atomic E-state index is 14.0. The van der Waals surface area contributed by atoms with Crippen LogP contribution in [-0.4, -0.2) is 62.8 Å². The summed E-state index contributed by atoms with van der Waals surface area (Å²) in [5.41, 5.74) is 3.87. The van der Waals surface area contributed by atoms with Gasteiger partial charge in [0, 0.05) is 25.9 Å². The van der Waals surface area contributed by atoms with Gasteiger partial charge in [-0.1, -0.05) is 92.1 Å². The maximum atomic E-state index is 14.0. The van der Waals surface area contributed by atoms with E-state index in [1.807, 2.05) is 66.5 Å². The number of nitrogens with zero attached hydrogens (tertiary/aromatic N) is 4. The van der Waals surface area contributed by atoms with Gasteiger partial charge in [0.2, 0.25) is 17.7 Å². The van der Waals surface area contributed by atoms with Gasteiger partial charge in [-0.15, -0.1) is 0 Å². The fourth-order valence-corrected chi connectivity index (χ4v) is 5.93.